The van der Waals surface area contributed by atoms with E-state index in [9.17, 15) is 18.0 Å². The minimum Gasteiger partial charge on any atom is -0.461 e. The van der Waals surface area contributed by atoms with E-state index >= 15 is 0 Å². The highest BCUT2D eigenvalue weighted by molar-refractivity contribution is 5.87. The van der Waals surface area contributed by atoms with E-state index in [-0.39, 0.29) is 12.3 Å². The monoisotopic (exact) mass is 298 g/mol. The molecule has 0 aliphatic carbocycles. The van der Waals surface area contributed by atoms with E-state index in [4.69, 9.17) is 4.74 Å². The number of H-pyrrole nitrogens is 1. The summed E-state index contributed by atoms with van der Waals surface area (Å²) >= 11 is 0. The van der Waals surface area contributed by atoms with Crippen molar-refractivity contribution >= 4 is 5.97 Å². The summed E-state index contributed by atoms with van der Waals surface area (Å²) in [5.41, 5.74) is 0.765. The van der Waals surface area contributed by atoms with Crippen LogP contribution in [0.3, 0.4) is 0 Å². The Balaban J connectivity index is 2.07. The molecule has 0 bridgehead atoms. The van der Waals surface area contributed by atoms with E-state index in [1.165, 1.54) is 18.2 Å². The first-order chi connectivity index (χ1) is 9.90. The van der Waals surface area contributed by atoms with Gasteiger partial charge in [-0.2, -0.15) is 18.3 Å². The Morgan fingerprint density at radius 1 is 1.29 bits per heavy atom. The summed E-state index contributed by atoms with van der Waals surface area (Å²) in [5.74, 6) is -0.535. The smallest absolute Gasteiger partial charge is 0.416 e. The minimum absolute atomic E-state index is 0.152. The van der Waals surface area contributed by atoms with Crippen molar-refractivity contribution in [2.75, 3.05) is 6.61 Å². The fourth-order valence-corrected chi connectivity index (χ4v) is 1.79. The molecule has 1 aromatic heterocycles. The topological polar surface area (TPSA) is 55.0 Å². The molecule has 1 N–H and O–H groups in total. The molecule has 0 aliphatic heterocycles. The number of halogens is 3. The largest absolute Gasteiger partial charge is 0.461 e. The van der Waals surface area contributed by atoms with Gasteiger partial charge in [0.1, 0.15) is 0 Å². The Kier molecular flexibility index (Phi) is 4.30. The van der Waals surface area contributed by atoms with Crippen LogP contribution in [0.2, 0.25) is 0 Å². The highest BCUT2D eigenvalue weighted by atomic mass is 19.4. The number of hydrogen-bond donors (Lipinski definition) is 1. The number of esters is 1. The Morgan fingerprint density at radius 3 is 2.52 bits per heavy atom. The maximum Gasteiger partial charge on any atom is 0.416 e. The Bertz CT molecular complexity index is 618. The number of aromatic amines is 1. The van der Waals surface area contributed by atoms with Gasteiger partial charge in [0, 0.05) is 12.1 Å². The zero-order valence-electron chi connectivity index (χ0n) is 11.2. The molecule has 0 spiro atoms. The number of hydrogen-bond acceptors (Lipinski definition) is 3. The van der Waals surface area contributed by atoms with Gasteiger partial charge in [0.25, 0.3) is 0 Å². The van der Waals surface area contributed by atoms with E-state index in [0.29, 0.717) is 17.7 Å². The lowest BCUT2D eigenvalue weighted by Gasteiger charge is -2.06. The average Bonchev–Trinajstić information content (AvgIpc) is 2.87. The first-order valence-corrected chi connectivity index (χ1v) is 6.27. The molecule has 0 saturated carbocycles. The van der Waals surface area contributed by atoms with Crippen molar-refractivity contribution in [1.82, 2.24) is 10.2 Å². The molecule has 0 amide bonds. The van der Waals surface area contributed by atoms with Gasteiger partial charge in [-0.3, -0.25) is 5.10 Å². The number of benzene rings is 1. The zero-order chi connectivity index (χ0) is 15.5. The van der Waals surface area contributed by atoms with Crippen LogP contribution in [0.25, 0.3) is 0 Å². The maximum atomic E-state index is 12.4. The van der Waals surface area contributed by atoms with Crippen molar-refractivity contribution in [3.8, 4) is 0 Å². The number of nitrogens with zero attached hydrogens (tertiary/aromatic N) is 1. The summed E-state index contributed by atoms with van der Waals surface area (Å²) in [6.45, 7) is 1.94. The minimum atomic E-state index is -4.34. The third-order valence-corrected chi connectivity index (χ3v) is 2.79. The van der Waals surface area contributed by atoms with E-state index in [2.05, 4.69) is 10.2 Å². The Labute approximate surface area is 118 Å². The average molecular weight is 298 g/mol. The van der Waals surface area contributed by atoms with Crippen molar-refractivity contribution in [2.45, 2.75) is 19.5 Å². The van der Waals surface area contributed by atoms with Gasteiger partial charge in [-0.05, 0) is 30.7 Å². The first kappa shape index (κ1) is 15.1. The fourth-order valence-electron chi connectivity index (χ4n) is 1.79. The molecule has 21 heavy (non-hydrogen) atoms. The molecule has 0 fully saturated rings. The Morgan fingerprint density at radius 2 is 1.95 bits per heavy atom. The van der Waals surface area contributed by atoms with E-state index in [0.717, 1.165) is 12.1 Å². The lowest BCUT2D eigenvalue weighted by atomic mass is 10.1. The van der Waals surface area contributed by atoms with Crippen LogP contribution < -0.4 is 0 Å². The van der Waals surface area contributed by atoms with Crippen LogP contribution in [0.15, 0.2) is 30.3 Å². The normalized spacial score (nSPS) is 11.4. The van der Waals surface area contributed by atoms with Crippen LogP contribution in [0.4, 0.5) is 13.2 Å². The molecule has 112 valence electrons. The summed E-state index contributed by atoms with van der Waals surface area (Å²) < 4.78 is 42.1. The SMILES string of the molecule is CCOC(=O)c1cc(Cc2ccc(C(F)(F)F)cc2)[nH]n1. The van der Waals surface area contributed by atoms with Crippen molar-refractivity contribution in [1.29, 1.82) is 0 Å². The highest BCUT2D eigenvalue weighted by Gasteiger charge is 2.29. The molecule has 1 aromatic carbocycles. The maximum absolute atomic E-state index is 12.4. The van der Waals surface area contributed by atoms with Crippen molar-refractivity contribution < 1.29 is 22.7 Å². The molecule has 7 heteroatoms. The summed E-state index contributed by atoms with van der Waals surface area (Å²) in [5, 5.41) is 6.47. The molecule has 4 nitrogen and oxygen atoms in total. The second-order valence-corrected chi connectivity index (χ2v) is 4.37. The van der Waals surface area contributed by atoms with E-state index in [1.54, 1.807) is 6.92 Å². The van der Waals surface area contributed by atoms with E-state index < -0.39 is 17.7 Å². The van der Waals surface area contributed by atoms with Gasteiger partial charge in [-0.25, -0.2) is 4.79 Å². The lowest BCUT2D eigenvalue weighted by Crippen LogP contribution is -2.04. The van der Waals surface area contributed by atoms with Crippen LogP contribution in [-0.2, 0) is 17.3 Å². The third kappa shape index (κ3) is 3.84. The van der Waals surface area contributed by atoms with Crippen LogP contribution in [-0.4, -0.2) is 22.8 Å². The number of carbonyl (C=O) groups excluding carboxylic acids is 1. The summed E-state index contributed by atoms with van der Waals surface area (Å²) in [7, 11) is 0. The predicted molar refractivity (Wildman–Crippen MR) is 68.8 cm³/mol. The van der Waals surface area contributed by atoms with Gasteiger partial charge in [0.2, 0.25) is 0 Å². The molecule has 1 heterocycles. The molecule has 0 aliphatic rings. The van der Waals surface area contributed by atoms with Gasteiger partial charge < -0.3 is 4.74 Å². The van der Waals surface area contributed by atoms with Crippen molar-refractivity contribution in [3.63, 3.8) is 0 Å². The zero-order valence-corrected chi connectivity index (χ0v) is 11.2. The second kappa shape index (κ2) is 5.99. The van der Waals surface area contributed by atoms with Gasteiger partial charge in [-0.15, -0.1) is 0 Å². The Hall–Kier alpha value is -2.31. The van der Waals surface area contributed by atoms with Gasteiger partial charge in [0.15, 0.2) is 5.69 Å². The van der Waals surface area contributed by atoms with Gasteiger partial charge in [-0.1, -0.05) is 12.1 Å². The van der Waals surface area contributed by atoms with Gasteiger partial charge in [0.05, 0.1) is 12.2 Å². The molecular formula is C14H13F3N2O2. The highest BCUT2D eigenvalue weighted by Crippen LogP contribution is 2.29. The first-order valence-electron chi connectivity index (χ1n) is 6.27. The number of carbonyl (C=O) groups is 1. The fraction of sp³-hybridized carbons (Fsp3) is 0.286. The summed E-state index contributed by atoms with van der Waals surface area (Å²) in [4.78, 5) is 11.4. The number of alkyl halides is 3. The number of aromatic nitrogens is 2. The molecule has 0 radical (unpaired) electrons. The molecule has 0 atom stereocenters. The van der Waals surface area contributed by atoms with Crippen molar-refractivity contribution in [2.24, 2.45) is 0 Å². The summed E-state index contributed by atoms with van der Waals surface area (Å²) in [6.07, 6.45) is -3.99. The van der Waals surface area contributed by atoms with E-state index in [1.807, 2.05) is 0 Å². The van der Waals surface area contributed by atoms with Crippen LogP contribution in [0, 0.1) is 0 Å². The van der Waals surface area contributed by atoms with Crippen LogP contribution >= 0.6 is 0 Å². The molecule has 2 aromatic rings. The number of nitrogens with one attached hydrogen (secondary N) is 1. The van der Waals surface area contributed by atoms with Crippen molar-refractivity contribution in [3.05, 3.63) is 52.8 Å². The molecule has 2 rings (SSSR count). The quantitative estimate of drug-likeness (QED) is 0.882. The second-order valence-electron chi connectivity index (χ2n) is 4.37. The third-order valence-electron chi connectivity index (χ3n) is 2.79. The molecule has 0 saturated heterocycles. The van der Waals surface area contributed by atoms with Crippen LogP contribution in [0.1, 0.15) is 34.2 Å². The predicted octanol–water partition coefficient (Wildman–Crippen LogP) is 3.20. The number of ether oxygens (including phenoxy) is 1. The standard InChI is InChI=1S/C14H13F3N2O2/c1-2-21-13(20)12-8-11(18-19-12)7-9-3-5-10(6-4-9)14(15,16)17/h3-6,8H,2,7H2,1H3,(H,18,19). The molecule has 0 unspecified atom stereocenters. The van der Waals surface area contributed by atoms with Gasteiger partial charge >= 0.3 is 12.1 Å². The molecular weight excluding hydrogens is 285 g/mol. The lowest BCUT2D eigenvalue weighted by molar-refractivity contribution is -0.137. The van der Waals surface area contributed by atoms with Crippen LogP contribution in [0.5, 0.6) is 0 Å². The summed E-state index contributed by atoms with van der Waals surface area (Å²) in [6, 6.07) is 6.37. The number of rotatable bonds is 4.